The Morgan fingerprint density at radius 1 is 1.30 bits per heavy atom. The Balaban J connectivity index is 2.66. The van der Waals surface area contributed by atoms with E-state index >= 15 is 0 Å². The zero-order valence-electron chi connectivity index (χ0n) is 11.6. The van der Waals surface area contributed by atoms with Gasteiger partial charge in [0, 0.05) is 0 Å². The van der Waals surface area contributed by atoms with E-state index in [0.717, 1.165) is 0 Å². The normalized spacial score (nSPS) is 10.3. The SMILES string of the molecule is CCc1c(O)nc(-c2cccc(OC)c2OC)[nH]c1=O. The van der Waals surface area contributed by atoms with Crippen LogP contribution in [-0.2, 0) is 6.42 Å². The average molecular weight is 276 g/mol. The number of aromatic hydroxyl groups is 1. The first-order valence-electron chi connectivity index (χ1n) is 6.15. The molecular weight excluding hydrogens is 260 g/mol. The highest BCUT2D eigenvalue weighted by molar-refractivity contribution is 5.69. The minimum atomic E-state index is -0.361. The summed E-state index contributed by atoms with van der Waals surface area (Å²) in [6.45, 7) is 1.78. The number of H-pyrrole nitrogens is 1. The molecule has 2 rings (SSSR count). The van der Waals surface area contributed by atoms with Crippen LogP contribution in [0.5, 0.6) is 17.4 Å². The van der Waals surface area contributed by atoms with E-state index in [4.69, 9.17) is 9.47 Å². The van der Waals surface area contributed by atoms with E-state index in [-0.39, 0.29) is 22.8 Å². The molecule has 1 aromatic heterocycles. The number of methoxy groups -OCH3 is 2. The molecule has 20 heavy (non-hydrogen) atoms. The fourth-order valence-electron chi connectivity index (χ4n) is 2.01. The number of para-hydroxylation sites is 1. The van der Waals surface area contributed by atoms with Crippen LogP contribution in [0.3, 0.4) is 0 Å². The van der Waals surface area contributed by atoms with Crippen molar-refractivity contribution in [3.8, 4) is 28.8 Å². The Hall–Kier alpha value is -2.50. The Labute approximate surface area is 116 Å². The monoisotopic (exact) mass is 276 g/mol. The van der Waals surface area contributed by atoms with Gasteiger partial charge >= 0.3 is 0 Å². The Morgan fingerprint density at radius 3 is 2.60 bits per heavy atom. The molecule has 0 aliphatic carbocycles. The van der Waals surface area contributed by atoms with Crippen LogP contribution in [-0.4, -0.2) is 29.3 Å². The summed E-state index contributed by atoms with van der Waals surface area (Å²) in [5, 5.41) is 9.82. The summed E-state index contributed by atoms with van der Waals surface area (Å²) in [6.07, 6.45) is 0.406. The molecule has 0 aliphatic heterocycles. The highest BCUT2D eigenvalue weighted by Gasteiger charge is 2.16. The van der Waals surface area contributed by atoms with Crippen molar-refractivity contribution in [1.29, 1.82) is 0 Å². The van der Waals surface area contributed by atoms with Crippen molar-refractivity contribution in [2.24, 2.45) is 0 Å². The first-order chi connectivity index (χ1) is 9.62. The van der Waals surface area contributed by atoms with Gasteiger partial charge in [-0.2, -0.15) is 4.98 Å². The summed E-state index contributed by atoms with van der Waals surface area (Å²) < 4.78 is 10.5. The van der Waals surface area contributed by atoms with Crippen molar-refractivity contribution in [1.82, 2.24) is 9.97 Å². The quantitative estimate of drug-likeness (QED) is 0.888. The average Bonchev–Trinajstić information content (AvgIpc) is 2.45. The van der Waals surface area contributed by atoms with Gasteiger partial charge in [-0.25, -0.2) is 0 Å². The van der Waals surface area contributed by atoms with Crippen molar-refractivity contribution in [3.05, 3.63) is 34.1 Å². The maximum absolute atomic E-state index is 11.9. The summed E-state index contributed by atoms with van der Waals surface area (Å²) in [7, 11) is 3.02. The van der Waals surface area contributed by atoms with E-state index in [1.54, 1.807) is 25.1 Å². The lowest BCUT2D eigenvalue weighted by atomic mass is 10.1. The number of nitrogens with one attached hydrogen (secondary N) is 1. The molecule has 0 fully saturated rings. The van der Waals surface area contributed by atoms with Gasteiger partial charge in [-0.3, -0.25) is 4.79 Å². The summed E-state index contributed by atoms with van der Waals surface area (Å²) >= 11 is 0. The van der Waals surface area contributed by atoms with Gasteiger partial charge in [-0.1, -0.05) is 13.0 Å². The van der Waals surface area contributed by atoms with Gasteiger partial charge < -0.3 is 19.6 Å². The smallest absolute Gasteiger partial charge is 0.258 e. The summed E-state index contributed by atoms with van der Waals surface area (Å²) in [5.41, 5.74) is 0.442. The van der Waals surface area contributed by atoms with E-state index in [1.807, 2.05) is 0 Å². The Bertz CT molecular complexity index is 679. The number of benzene rings is 1. The van der Waals surface area contributed by atoms with E-state index in [9.17, 15) is 9.90 Å². The third-order valence-corrected chi connectivity index (χ3v) is 3.01. The van der Waals surface area contributed by atoms with Gasteiger partial charge in [-0.05, 0) is 18.6 Å². The topological polar surface area (TPSA) is 84.4 Å². The van der Waals surface area contributed by atoms with Gasteiger partial charge in [0.15, 0.2) is 11.5 Å². The first-order valence-corrected chi connectivity index (χ1v) is 6.15. The number of hydrogen-bond acceptors (Lipinski definition) is 5. The molecule has 0 radical (unpaired) electrons. The maximum Gasteiger partial charge on any atom is 0.258 e. The lowest BCUT2D eigenvalue weighted by Gasteiger charge is -2.12. The number of aromatic nitrogens is 2. The van der Waals surface area contributed by atoms with E-state index < -0.39 is 0 Å². The van der Waals surface area contributed by atoms with Crippen molar-refractivity contribution >= 4 is 0 Å². The number of rotatable bonds is 4. The van der Waals surface area contributed by atoms with Crippen molar-refractivity contribution in [3.63, 3.8) is 0 Å². The molecule has 0 saturated carbocycles. The van der Waals surface area contributed by atoms with Crippen LogP contribution < -0.4 is 15.0 Å². The molecule has 1 heterocycles. The highest BCUT2D eigenvalue weighted by atomic mass is 16.5. The maximum atomic E-state index is 11.9. The van der Waals surface area contributed by atoms with Gasteiger partial charge in [0.05, 0.1) is 25.3 Å². The lowest BCUT2D eigenvalue weighted by Crippen LogP contribution is -2.14. The predicted molar refractivity (Wildman–Crippen MR) is 74.4 cm³/mol. The molecule has 6 nitrogen and oxygen atoms in total. The largest absolute Gasteiger partial charge is 0.493 e. The van der Waals surface area contributed by atoms with Crippen LogP contribution in [0.2, 0.25) is 0 Å². The molecule has 0 bridgehead atoms. The number of ether oxygens (including phenoxy) is 2. The molecule has 0 amide bonds. The van der Waals surface area contributed by atoms with Crippen LogP contribution in [0.4, 0.5) is 0 Å². The summed E-state index contributed by atoms with van der Waals surface area (Å²) in [5.74, 6) is 0.935. The molecule has 0 unspecified atom stereocenters. The second-order valence-electron chi connectivity index (χ2n) is 4.11. The number of aromatic amines is 1. The van der Waals surface area contributed by atoms with Crippen LogP contribution in [0.15, 0.2) is 23.0 Å². The fourth-order valence-corrected chi connectivity index (χ4v) is 2.01. The molecule has 1 aromatic carbocycles. The molecule has 6 heteroatoms. The van der Waals surface area contributed by atoms with Crippen molar-refractivity contribution in [2.75, 3.05) is 14.2 Å². The van der Waals surface area contributed by atoms with E-state index in [0.29, 0.717) is 23.5 Å². The van der Waals surface area contributed by atoms with Gasteiger partial charge in [0.2, 0.25) is 5.88 Å². The molecular formula is C14H16N2O4. The first kappa shape index (κ1) is 13.9. The fraction of sp³-hybridized carbons (Fsp3) is 0.286. The van der Waals surface area contributed by atoms with Crippen molar-refractivity contribution in [2.45, 2.75) is 13.3 Å². The molecule has 0 aliphatic rings. The Morgan fingerprint density at radius 2 is 2.05 bits per heavy atom. The Kier molecular flexibility index (Phi) is 3.93. The van der Waals surface area contributed by atoms with Crippen LogP contribution >= 0.6 is 0 Å². The van der Waals surface area contributed by atoms with Gasteiger partial charge in [-0.15, -0.1) is 0 Å². The van der Waals surface area contributed by atoms with Crippen LogP contribution in [0, 0.1) is 0 Å². The zero-order valence-corrected chi connectivity index (χ0v) is 11.6. The minimum Gasteiger partial charge on any atom is -0.493 e. The second kappa shape index (κ2) is 5.64. The molecule has 2 aromatic rings. The summed E-state index contributed by atoms with van der Waals surface area (Å²) in [6, 6.07) is 5.22. The third kappa shape index (κ3) is 2.32. The number of hydrogen-bond donors (Lipinski definition) is 2. The standard InChI is InChI=1S/C14H16N2O4/c1-4-8-13(17)15-12(16-14(8)18)9-6-5-7-10(19-2)11(9)20-3/h5-7H,4H2,1-3H3,(H2,15,16,17,18). The molecule has 0 atom stereocenters. The molecule has 0 saturated heterocycles. The molecule has 2 N–H and O–H groups in total. The predicted octanol–water partition coefficient (Wildman–Crippen LogP) is 1.72. The minimum absolute atomic E-state index is 0.237. The second-order valence-corrected chi connectivity index (χ2v) is 4.11. The van der Waals surface area contributed by atoms with Crippen molar-refractivity contribution < 1.29 is 14.6 Å². The van der Waals surface area contributed by atoms with Crippen LogP contribution in [0.1, 0.15) is 12.5 Å². The van der Waals surface area contributed by atoms with Gasteiger partial charge in [0.25, 0.3) is 5.56 Å². The van der Waals surface area contributed by atoms with Gasteiger partial charge in [0.1, 0.15) is 5.82 Å². The highest BCUT2D eigenvalue weighted by Crippen LogP contribution is 2.36. The molecule has 106 valence electrons. The molecule has 0 spiro atoms. The lowest BCUT2D eigenvalue weighted by molar-refractivity contribution is 0.356. The summed E-state index contributed by atoms with van der Waals surface area (Å²) in [4.78, 5) is 18.6. The number of nitrogens with zero attached hydrogens (tertiary/aromatic N) is 1. The van der Waals surface area contributed by atoms with E-state index in [1.165, 1.54) is 14.2 Å². The van der Waals surface area contributed by atoms with E-state index in [2.05, 4.69) is 9.97 Å². The zero-order chi connectivity index (χ0) is 14.7. The third-order valence-electron chi connectivity index (χ3n) is 3.01. The van der Waals surface area contributed by atoms with Crippen LogP contribution in [0.25, 0.3) is 11.4 Å².